The average Bonchev–Trinajstić information content (AvgIpc) is 2.32. The topological polar surface area (TPSA) is 42.0 Å². The molecule has 2 rings (SSSR count). The van der Waals surface area contributed by atoms with E-state index < -0.39 is 0 Å². The molecule has 1 amide bonds. The molecule has 0 aliphatic heterocycles. The normalized spacial score (nSPS) is 10.0. The van der Waals surface area contributed by atoms with Crippen molar-refractivity contribution < 1.29 is 4.79 Å². The monoisotopic (exact) mass is 290 g/mol. The number of hydrogen-bond donors (Lipinski definition) is 1. The van der Waals surface area contributed by atoms with Gasteiger partial charge in [0.1, 0.15) is 10.3 Å². The molecule has 0 aliphatic rings. The van der Waals surface area contributed by atoms with E-state index in [1.54, 1.807) is 18.2 Å². The van der Waals surface area contributed by atoms with Crippen LogP contribution in [-0.2, 0) is 0 Å². The highest BCUT2D eigenvalue weighted by Gasteiger charge is 2.07. The van der Waals surface area contributed by atoms with E-state index in [1.807, 2.05) is 31.2 Å². The molecule has 0 fully saturated rings. The molecule has 1 aromatic carbocycles. The summed E-state index contributed by atoms with van der Waals surface area (Å²) in [4.78, 5) is 15.9. The number of nitrogens with one attached hydrogen (secondary N) is 1. The highest BCUT2D eigenvalue weighted by molar-refractivity contribution is 9.10. The zero-order valence-corrected chi connectivity index (χ0v) is 10.9. The minimum absolute atomic E-state index is 0.213. The number of aromatic nitrogens is 1. The summed E-state index contributed by atoms with van der Waals surface area (Å²) in [5, 5.41) is 2.79. The van der Waals surface area contributed by atoms with E-state index in [0.717, 1.165) is 11.3 Å². The summed E-state index contributed by atoms with van der Waals surface area (Å²) in [5.74, 6) is -0.213. The van der Waals surface area contributed by atoms with Gasteiger partial charge >= 0.3 is 0 Å². The number of anilines is 1. The van der Waals surface area contributed by atoms with Crippen LogP contribution in [0.4, 0.5) is 5.69 Å². The molecule has 0 radical (unpaired) electrons. The van der Waals surface area contributed by atoms with Crippen molar-refractivity contribution in [1.29, 1.82) is 0 Å². The summed E-state index contributed by atoms with van der Waals surface area (Å²) >= 11 is 3.23. The highest BCUT2D eigenvalue weighted by Crippen LogP contribution is 2.11. The third-order valence-electron chi connectivity index (χ3n) is 2.26. The number of amides is 1. The van der Waals surface area contributed by atoms with Gasteiger partial charge in [-0.05, 0) is 47.1 Å². The van der Waals surface area contributed by atoms with Gasteiger partial charge in [-0.25, -0.2) is 4.98 Å². The minimum Gasteiger partial charge on any atom is -0.321 e. The molecular formula is C13H11BrN2O. The standard InChI is InChI=1S/C13H11BrN2O/c1-9-5-7-10(8-6-9)15-13(17)11-3-2-4-12(14)16-11/h2-8H,1H3,(H,15,17). The molecule has 1 heterocycles. The second kappa shape index (κ2) is 5.10. The molecule has 86 valence electrons. The van der Waals surface area contributed by atoms with Crippen LogP contribution in [-0.4, -0.2) is 10.9 Å². The number of carbonyl (C=O) groups is 1. The Hall–Kier alpha value is -1.68. The maximum absolute atomic E-state index is 11.9. The van der Waals surface area contributed by atoms with Gasteiger partial charge in [-0.15, -0.1) is 0 Å². The van der Waals surface area contributed by atoms with E-state index in [4.69, 9.17) is 0 Å². The van der Waals surface area contributed by atoms with Crippen molar-refractivity contribution in [2.75, 3.05) is 5.32 Å². The van der Waals surface area contributed by atoms with Crippen LogP contribution in [0.3, 0.4) is 0 Å². The number of hydrogen-bond acceptors (Lipinski definition) is 2. The van der Waals surface area contributed by atoms with Crippen molar-refractivity contribution >= 4 is 27.5 Å². The second-order valence-corrected chi connectivity index (χ2v) is 4.48. The van der Waals surface area contributed by atoms with E-state index >= 15 is 0 Å². The first-order chi connectivity index (χ1) is 8.15. The van der Waals surface area contributed by atoms with Gasteiger partial charge in [0.2, 0.25) is 0 Å². The summed E-state index contributed by atoms with van der Waals surface area (Å²) in [6.45, 7) is 2.00. The molecular weight excluding hydrogens is 280 g/mol. The summed E-state index contributed by atoms with van der Waals surface area (Å²) in [6.07, 6.45) is 0. The third kappa shape index (κ3) is 3.14. The highest BCUT2D eigenvalue weighted by atomic mass is 79.9. The van der Waals surface area contributed by atoms with E-state index in [2.05, 4.69) is 26.2 Å². The van der Waals surface area contributed by atoms with Crippen molar-refractivity contribution in [2.45, 2.75) is 6.92 Å². The fourth-order valence-electron chi connectivity index (χ4n) is 1.37. The quantitative estimate of drug-likeness (QED) is 0.862. The van der Waals surface area contributed by atoms with Gasteiger partial charge in [0.05, 0.1) is 0 Å². The molecule has 2 aromatic rings. The van der Waals surface area contributed by atoms with Crippen LogP contribution in [0.5, 0.6) is 0 Å². The number of benzene rings is 1. The summed E-state index contributed by atoms with van der Waals surface area (Å²) < 4.78 is 0.647. The van der Waals surface area contributed by atoms with Crippen LogP contribution >= 0.6 is 15.9 Å². The SMILES string of the molecule is Cc1ccc(NC(=O)c2cccc(Br)n2)cc1. The van der Waals surface area contributed by atoms with E-state index in [9.17, 15) is 4.79 Å². The van der Waals surface area contributed by atoms with Crippen LogP contribution in [0.2, 0.25) is 0 Å². The zero-order valence-electron chi connectivity index (χ0n) is 9.27. The Balaban J connectivity index is 2.14. The lowest BCUT2D eigenvalue weighted by Gasteiger charge is -2.05. The van der Waals surface area contributed by atoms with Gasteiger partial charge in [0, 0.05) is 5.69 Å². The Kier molecular flexibility index (Phi) is 3.54. The van der Waals surface area contributed by atoms with E-state index in [1.165, 1.54) is 0 Å². The lowest BCUT2D eigenvalue weighted by Crippen LogP contribution is -2.13. The first kappa shape index (κ1) is 11.8. The van der Waals surface area contributed by atoms with Crippen molar-refractivity contribution in [2.24, 2.45) is 0 Å². The summed E-state index contributed by atoms with van der Waals surface area (Å²) in [5.41, 5.74) is 2.31. The molecule has 1 aromatic heterocycles. The predicted octanol–water partition coefficient (Wildman–Crippen LogP) is 3.40. The van der Waals surface area contributed by atoms with Crippen molar-refractivity contribution in [3.63, 3.8) is 0 Å². The maximum atomic E-state index is 11.9. The van der Waals surface area contributed by atoms with E-state index in [0.29, 0.717) is 10.3 Å². The van der Waals surface area contributed by atoms with Gasteiger partial charge in [0.25, 0.3) is 5.91 Å². The maximum Gasteiger partial charge on any atom is 0.274 e. The zero-order chi connectivity index (χ0) is 12.3. The first-order valence-corrected chi connectivity index (χ1v) is 5.95. The molecule has 3 nitrogen and oxygen atoms in total. The molecule has 0 saturated carbocycles. The number of rotatable bonds is 2. The first-order valence-electron chi connectivity index (χ1n) is 5.16. The van der Waals surface area contributed by atoms with Crippen molar-refractivity contribution in [3.8, 4) is 0 Å². The van der Waals surface area contributed by atoms with Crippen LogP contribution in [0, 0.1) is 6.92 Å². The number of aryl methyl sites for hydroxylation is 1. The van der Waals surface area contributed by atoms with Crippen molar-refractivity contribution in [1.82, 2.24) is 4.98 Å². The fourth-order valence-corrected chi connectivity index (χ4v) is 1.71. The molecule has 0 unspecified atom stereocenters. The van der Waals surface area contributed by atoms with Crippen LogP contribution < -0.4 is 5.32 Å². The fraction of sp³-hybridized carbons (Fsp3) is 0.0769. The van der Waals surface area contributed by atoms with Crippen LogP contribution in [0.15, 0.2) is 47.1 Å². The lowest BCUT2D eigenvalue weighted by atomic mass is 10.2. The van der Waals surface area contributed by atoms with Crippen LogP contribution in [0.25, 0.3) is 0 Å². The Morgan fingerprint density at radius 1 is 1.18 bits per heavy atom. The van der Waals surface area contributed by atoms with Gasteiger partial charge < -0.3 is 5.32 Å². The van der Waals surface area contributed by atoms with Crippen LogP contribution in [0.1, 0.15) is 16.1 Å². The summed E-state index contributed by atoms with van der Waals surface area (Å²) in [7, 11) is 0. The second-order valence-electron chi connectivity index (χ2n) is 3.67. The van der Waals surface area contributed by atoms with Crippen molar-refractivity contribution in [3.05, 3.63) is 58.3 Å². The van der Waals surface area contributed by atoms with Gasteiger partial charge in [-0.3, -0.25) is 4.79 Å². The molecule has 17 heavy (non-hydrogen) atoms. The molecule has 0 spiro atoms. The van der Waals surface area contributed by atoms with Gasteiger partial charge in [-0.2, -0.15) is 0 Å². The summed E-state index contributed by atoms with van der Waals surface area (Å²) in [6, 6.07) is 12.9. The smallest absolute Gasteiger partial charge is 0.274 e. The predicted molar refractivity (Wildman–Crippen MR) is 71.1 cm³/mol. The largest absolute Gasteiger partial charge is 0.321 e. The number of pyridine rings is 1. The molecule has 0 bridgehead atoms. The molecule has 0 atom stereocenters. The van der Waals surface area contributed by atoms with Gasteiger partial charge in [-0.1, -0.05) is 23.8 Å². The lowest BCUT2D eigenvalue weighted by molar-refractivity contribution is 0.102. The Morgan fingerprint density at radius 2 is 1.88 bits per heavy atom. The number of halogens is 1. The molecule has 0 aliphatic carbocycles. The van der Waals surface area contributed by atoms with E-state index in [-0.39, 0.29) is 5.91 Å². The minimum atomic E-state index is -0.213. The number of carbonyl (C=O) groups excluding carboxylic acids is 1. The average molecular weight is 291 g/mol. The Morgan fingerprint density at radius 3 is 2.53 bits per heavy atom. The molecule has 0 saturated heterocycles. The molecule has 4 heteroatoms. The molecule has 1 N–H and O–H groups in total. The number of nitrogens with zero attached hydrogens (tertiary/aromatic N) is 1. The third-order valence-corrected chi connectivity index (χ3v) is 2.70. The van der Waals surface area contributed by atoms with Gasteiger partial charge in [0.15, 0.2) is 0 Å². The Bertz CT molecular complexity index is 537. The Labute approximate surface area is 108 Å².